The fourth-order valence-corrected chi connectivity index (χ4v) is 7.23. The summed E-state index contributed by atoms with van der Waals surface area (Å²) in [7, 11) is -3.85. The van der Waals surface area contributed by atoms with Gasteiger partial charge in [0, 0.05) is 37.3 Å². The van der Waals surface area contributed by atoms with Gasteiger partial charge in [0.2, 0.25) is 5.91 Å². The minimum absolute atomic E-state index is 0.0977. The van der Waals surface area contributed by atoms with Crippen molar-refractivity contribution in [3.8, 4) is 11.1 Å². The van der Waals surface area contributed by atoms with E-state index in [1.165, 1.54) is 15.4 Å². The number of fused-ring (bicyclic) bond motifs is 3. The van der Waals surface area contributed by atoms with E-state index in [1.54, 1.807) is 23.1 Å². The number of nitrogens with zero attached hydrogens (tertiary/aromatic N) is 3. The van der Waals surface area contributed by atoms with Gasteiger partial charge in [0.25, 0.3) is 10.0 Å². The van der Waals surface area contributed by atoms with E-state index in [-0.39, 0.29) is 23.4 Å². The zero-order valence-corrected chi connectivity index (χ0v) is 21.8. The molecular weight excluding hydrogens is 494 g/mol. The molecule has 0 aromatic heterocycles. The van der Waals surface area contributed by atoms with Crippen LogP contribution < -0.4 is 4.31 Å². The van der Waals surface area contributed by atoms with Gasteiger partial charge < -0.3 is 4.90 Å². The van der Waals surface area contributed by atoms with Gasteiger partial charge in [-0.05, 0) is 23.3 Å². The van der Waals surface area contributed by atoms with E-state index >= 15 is 0 Å². The van der Waals surface area contributed by atoms with Crippen molar-refractivity contribution in [1.82, 2.24) is 9.80 Å². The lowest BCUT2D eigenvalue weighted by Gasteiger charge is -2.40. The maximum atomic E-state index is 13.6. The van der Waals surface area contributed by atoms with Gasteiger partial charge in [-0.15, -0.1) is 0 Å². The molecule has 0 radical (unpaired) electrons. The van der Waals surface area contributed by atoms with E-state index in [9.17, 15) is 13.2 Å². The summed E-state index contributed by atoms with van der Waals surface area (Å²) in [5.74, 6) is -0.182. The first-order chi connectivity index (χ1) is 18.5. The number of piperazine rings is 1. The van der Waals surface area contributed by atoms with Crippen molar-refractivity contribution in [3.05, 3.63) is 120 Å². The first-order valence-corrected chi connectivity index (χ1v) is 14.3. The Morgan fingerprint density at radius 2 is 1.18 bits per heavy atom. The number of carbonyl (C=O) groups is 1. The van der Waals surface area contributed by atoms with Crippen molar-refractivity contribution in [2.75, 3.05) is 37.0 Å². The zero-order valence-electron chi connectivity index (χ0n) is 21.0. The Morgan fingerprint density at radius 3 is 1.82 bits per heavy atom. The predicted octanol–water partition coefficient (Wildman–Crippen LogP) is 4.80. The minimum atomic E-state index is -3.85. The second-order valence-electron chi connectivity index (χ2n) is 9.67. The Labute approximate surface area is 223 Å². The molecule has 4 aromatic carbocycles. The maximum Gasteiger partial charge on any atom is 0.265 e. The summed E-state index contributed by atoms with van der Waals surface area (Å²) in [5.41, 5.74) is 4.48. The largest absolute Gasteiger partial charge is 0.339 e. The highest BCUT2D eigenvalue weighted by atomic mass is 32.2. The molecule has 7 heteroatoms. The maximum absolute atomic E-state index is 13.6. The number of amides is 1. The molecule has 4 aromatic rings. The van der Waals surface area contributed by atoms with E-state index in [1.807, 2.05) is 42.5 Å². The first-order valence-electron chi connectivity index (χ1n) is 12.9. The summed E-state index contributed by atoms with van der Waals surface area (Å²) in [6.07, 6.45) is 0. The SMILES string of the molecule is O=C(CN1c2ccccc2-c2ccccc2S1(=O)=O)N1CCN(C(c2ccccc2)c2ccccc2)CC1. The van der Waals surface area contributed by atoms with Gasteiger partial charge in [-0.2, -0.15) is 0 Å². The molecule has 0 saturated carbocycles. The second-order valence-corrected chi connectivity index (χ2v) is 11.5. The van der Waals surface area contributed by atoms with Crippen molar-refractivity contribution < 1.29 is 13.2 Å². The summed E-state index contributed by atoms with van der Waals surface area (Å²) in [5, 5.41) is 0. The van der Waals surface area contributed by atoms with Crippen LogP contribution >= 0.6 is 0 Å². The monoisotopic (exact) mass is 523 g/mol. The van der Waals surface area contributed by atoms with E-state index in [0.717, 1.165) is 5.56 Å². The van der Waals surface area contributed by atoms with Gasteiger partial charge in [-0.1, -0.05) is 97.1 Å². The summed E-state index contributed by atoms with van der Waals surface area (Å²) in [4.78, 5) is 17.9. The van der Waals surface area contributed by atoms with Gasteiger partial charge in [0.05, 0.1) is 16.6 Å². The molecular formula is C31H29N3O3S. The van der Waals surface area contributed by atoms with E-state index in [4.69, 9.17) is 0 Å². The average molecular weight is 524 g/mol. The van der Waals surface area contributed by atoms with Gasteiger partial charge in [-0.25, -0.2) is 8.42 Å². The molecule has 0 unspecified atom stereocenters. The molecule has 0 bridgehead atoms. The number of rotatable bonds is 5. The van der Waals surface area contributed by atoms with Crippen LogP contribution in [0.15, 0.2) is 114 Å². The third-order valence-electron chi connectivity index (χ3n) is 7.46. The molecule has 6 rings (SSSR count). The van der Waals surface area contributed by atoms with Crippen molar-refractivity contribution in [2.45, 2.75) is 10.9 Å². The predicted molar refractivity (Wildman–Crippen MR) is 149 cm³/mol. The summed E-state index contributed by atoms with van der Waals surface area (Å²) in [6, 6.07) is 35.3. The summed E-state index contributed by atoms with van der Waals surface area (Å²) in [6.45, 7) is 2.27. The molecule has 1 saturated heterocycles. The molecule has 0 N–H and O–H groups in total. The Bertz CT molecular complexity index is 1510. The number of para-hydroxylation sites is 1. The van der Waals surface area contributed by atoms with Crippen LogP contribution in [0, 0.1) is 0 Å². The summed E-state index contributed by atoms with van der Waals surface area (Å²) < 4.78 is 28.4. The van der Waals surface area contributed by atoms with Crippen molar-refractivity contribution >= 4 is 21.6 Å². The highest BCUT2D eigenvalue weighted by molar-refractivity contribution is 7.93. The standard InChI is InChI=1S/C31H29N3O3S/c35-30(23-34-28-17-9-7-15-26(28)27-16-8-10-18-29(27)38(34,36)37)32-19-21-33(22-20-32)31(24-11-3-1-4-12-24)25-13-5-2-6-14-25/h1-18,31H,19-23H2. The van der Waals surface area contributed by atoms with Gasteiger partial charge in [0.15, 0.2) is 0 Å². The van der Waals surface area contributed by atoms with Crippen molar-refractivity contribution in [2.24, 2.45) is 0 Å². The number of anilines is 1. The Hall–Kier alpha value is -3.94. The van der Waals surface area contributed by atoms with Crippen LogP contribution in [0.5, 0.6) is 0 Å². The molecule has 38 heavy (non-hydrogen) atoms. The number of benzene rings is 4. The molecule has 1 fully saturated rings. The number of hydrogen-bond donors (Lipinski definition) is 0. The smallest absolute Gasteiger partial charge is 0.265 e. The summed E-state index contributed by atoms with van der Waals surface area (Å²) >= 11 is 0. The second kappa shape index (κ2) is 10.1. The molecule has 0 atom stereocenters. The van der Waals surface area contributed by atoms with Crippen LogP contribution in [-0.2, 0) is 14.8 Å². The minimum Gasteiger partial charge on any atom is -0.339 e. The fraction of sp³-hybridized carbons (Fsp3) is 0.194. The topological polar surface area (TPSA) is 60.9 Å². The third-order valence-corrected chi connectivity index (χ3v) is 9.28. The van der Waals surface area contributed by atoms with Crippen LogP contribution in [0.2, 0.25) is 0 Å². The Kier molecular flexibility index (Phi) is 6.47. The lowest BCUT2D eigenvalue weighted by atomic mass is 9.96. The third kappa shape index (κ3) is 4.38. The zero-order chi connectivity index (χ0) is 26.1. The molecule has 0 aliphatic carbocycles. The van der Waals surface area contributed by atoms with E-state index in [0.29, 0.717) is 37.4 Å². The molecule has 1 amide bonds. The molecule has 2 heterocycles. The highest BCUT2D eigenvalue weighted by Gasteiger charge is 2.37. The van der Waals surface area contributed by atoms with Gasteiger partial charge >= 0.3 is 0 Å². The quantitative estimate of drug-likeness (QED) is 0.377. The van der Waals surface area contributed by atoms with Gasteiger partial charge in [-0.3, -0.25) is 14.0 Å². The Balaban J connectivity index is 1.21. The van der Waals surface area contributed by atoms with Crippen molar-refractivity contribution in [3.63, 3.8) is 0 Å². The lowest BCUT2D eigenvalue weighted by Crippen LogP contribution is -2.52. The normalized spacial score (nSPS) is 16.7. The fourth-order valence-electron chi connectivity index (χ4n) is 5.59. The van der Waals surface area contributed by atoms with Crippen LogP contribution in [0.3, 0.4) is 0 Å². The number of sulfonamides is 1. The first kappa shape index (κ1) is 24.4. The molecule has 2 aliphatic rings. The highest BCUT2D eigenvalue weighted by Crippen LogP contribution is 2.42. The van der Waals surface area contributed by atoms with Crippen LogP contribution in [-0.4, -0.2) is 56.8 Å². The van der Waals surface area contributed by atoms with Crippen LogP contribution in [0.1, 0.15) is 17.2 Å². The molecule has 0 spiro atoms. The lowest BCUT2D eigenvalue weighted by molar-refractivity contribution is -0.131. The van der Waals surface area contributed by atoms with E-state index in [2.05, 4.69) is 53.4 Å². The number of carbonyl (C=O) groups excluding carboxylic acids is 1. The van der Waals surface area contributed by atoms with Gasteiger partial charge in [0.1, 0.15) is 6.54 Å². The average Bonchev–Trinajstić information content (AvgIpc) is 2.97. The van der Waals surface area contributed by atoms with Crippen LogP contribution in [0.25, 0.3) is 11.1 Å². The van der Waals surface area contributed by atoms with Crippen molar-refractivity contribution in [1.29, 1.82) is 0 Å². The Morgan fingerprint density at radius 1 is 0.658 bits per heavy atom. The molecule has 2 aliphatic heterocycles. The van der Waals surface area contributed by atoms with E-state index < -0.39 is 10.0 Å². The number of hydrogen-bond acceptors (Lipinski definition) is 4. The van der Waals surface area contributed by atoms with Crippen LogP contribution in [0.4, 0.5) is 5.69 Å². The molecule has 192 valence electrons. The molecule has 6 nitrogen and oxygen atoms in total.